The lowest BCUT2D eigenvalue weighted by molar-refractivity contribution is 0.102. The molecule has 0 atom stereocenters. The first-order valence-electron chi connectivity index (χ1n) is 7.93. The Morgan fingerprint density at radius 3 is 2.71 bits per heavy atom. The molecule has 2 aromatic heterocycles. The van der Waals surface area contributed by atoms with Gasteiger partial charge in [0.2, 0.25) is 0 Å². The van der Waals surface area contributed by atoms with Gasteiger partial charge in [0.25, 0.3) is 5.91 Å². The van der Waals surface area contributed by atoms with Crippen LogP contribution in [0.1, 0.15) is 41.4 Å². The van der Waals surface area contributed by atoms with Crippen molar-refractivity contribution in [3.63, 3.8) is 0 Å². The molecule has 5 heteroatoms. The molecule has 3 aromatic rings. The van der Waals surface area contributed by atoms with Crippen LogP contribution in [0, 0.1) is 6.92 Å². The minimum atomic E-state index is -0.171. The summed E-state index contributed by atoms with van der Waals surface area (Å²) in [5.74, 6) is 0.932. The Morgan fingerprint density at radius 2 is 2.00 bits per heavy atom. The van der Waals surface area contributed by atoms with Crippen molar-refractivity contribution < 1.29 is 4.79 Å². The number of anilines is 1. The molecule has 24 heavy (non-hydrogen) atoms. The van der Waals surface area contributed by atoms with E-state index in [9.17, 15) is 4.79 Å². The van der Waals surface area contributed by atoms with Gasteiger partial charge in [-0.1, -0.05) is 32.0 Å². The number of hydrogen-bond donors (Lipinski definition) is 1. The van der Waals surface area contributed by atoms with Crippen LogP contribution in [0.4, 0.5) is 5.69 Å². The van der Waals surface area contributed by atoms with Crippen LogP contribution in [0.25, 0.3) is 5.82 Å². The Labute approximate surface area is 141 Å². The molecule has 0 unspecified atom stereocenters. The normalized spacial score (nSPS) is 10.8. The molecule has 1 N–H and O–H groups in total. The van der Waals surface area contributed by atoms with Crippen molar-refractivity contribution in [2.24, 2.45) is 0 Å². The van der Waals surface area contributed by atoms with Crippen LogP contribution in [0.5, 0.6) is 0 Å². The summed E-state index contributed by atoms with van der Waals surface area (Å²) in [4.78, 5) is 16.8. The summed E-state index contributed by atoms with van der Waals surface area (Å²) in [6.07, 6.45) is 3.28. The molecule has 3 rings (SSSR count). The van der Waals surface area contributed by atoms with Crippen LogP contribution in [0.2, 0.25) is 0 Å². The van der Waals surface area contributed by atoms with E-state index in [1.807, 2.05) is 43.3 Å². The fourth-order valence-corrected chi connectivity index (χ4v) is 2.52. The Morgan fingerprint density at radius 1 is 1.17 bits per heavy atom. The van der Waals surface area contributed by atoms with Crippen LogP contribution in [-0.4, -0.2) is 20.7 Å². The molecule has 0 bridgehead atoms. The van der Waals surface area contributed by atoms with Gasteiger partial charge in [-0.2, -0.15) is 5.10 Å². The van der Waals surface area contributed by atoms with Crippen LogP contribution >= 0.6 is 0 Å². The maximum Gasteiger partial charge on any atom is 0.259 e. The summed E-state index contributed by atoms with van der Waals surface area (Å²) >= 11 is 0. The van der Waals surface area contributed by atoms with E-state index in [1.165, 1.54) is 5.56 Å². The van der Waals surface area contributed by atoms with E-state index in [4.69, 9.17) is 0 Å². The number of rotatable bonds is 4. The molecule has 0 aliphatic carbocycles. The highest BCUT2D eigenvalue weighted by atomic mass is 16.1. The third-order valence-electron chi connectivity index (χ3n) is 3.93. The topological polar surface area (TPSA) is 59.8 Å². The molecule has 1 amide bonds. The predicted molar refractivity (Wildman–Crippen MR) is 94.6 cm³/mol. The zero-order chi connectivity index (χ0) is 17.1. The van der Waals surface area contributed by atoms with Gasteiger partial charge in [0, 0.05) is 11.9 Å². The van der Waals surface area contributed by atoms with Gasteiger partial charge >= 0.3 is 0 Å². The zero-order valence-electron chi connectivity index (χ0n) is 14.0. The fraction of sp³-hybridized carbons (Fsp3) is 0.211. The van der Waals surface area contributed by atoms with Crippen LogP contribution in [-0.2, 0) is 0 Å². The number of nitrogens with one attached hydrogen (secondary N) is 1. The molecular weight excluding hydrogens is 300 g/mol. The van der Waals surface area contributed by atoms with Crippen molar-refractivity contribution >= 4 is 11.6 Å². The average molecular weight is 320 g/mol. The molecule has 1 aromatic carbocycles. The van der Waals surface area contributed by atoms with Crippen LogP contribution in [0.15, 0.2) is 54.9 Å². The first-order chi connectivity index (χ1) is 11.6. The number of benzene rings is 1. The lowest BCUT2D eigenvalue weighted by Gasteiger charge is -2.09. The summed E-state index contributed by atoms with van der Waals surface area (Å²) in [5.41, 5.74) is 3.27. The lowest BCUT2D eigenvalue weighted by Crippen LogP contribution is -2.13. The molecule has 0 aliphatic rings. The quantitative estimate of drug-likeness (QED) is 0.792. The predicted octanol–water partition coefficient (Wildman–Crippen LogP) is 3.95. The first-order valence-corrected chi connectivity index (χ1v) is 7.93. The molecule has 5 nitrogen and oxygen atoms in total. The second-order valence-corrected chi connectivity index (χ2v) is 5.98. The summed E-state index contributed by atoms with van der Waals surface area (Å²) in [6, 6.07) is 13.5. The number of aromatic nitrogens is 3. The van der Waals surface area contributed by atoms with Crippen molar-refractivity contribution in [1.82, 2.24) is 14.8 Å². The smallest absolute Gasteiger partial charge is 0.259 e. The van der Waals surface area contributed by atoms with E-state index in [1.54, 1.807) is 17.1 Å². The molecular formula is C19H20N4O. The molecule has 0 spiro atoms. The van der Waals surface area contributed by atoms with Gasteiger partial charge in [-0.05, 0) is 42.7 Å². The number of nitrogens with zero attached hydrogens (tertiary/aromatic N) is 3. The average Bonchev–Trinajstić information content (AvgIpc) is 2.97. The molecule has 0 aliphatic heterocycles. The standard InChI is InChI=1S/C19H20N4O/c1-13(2)15-7-6-8-16(11-15)22-19(24)17-12-21-23(14(17)3)18-9-4-5-10-20-18/h4-13H,1-3H3,(H,22,24). The van der Waals surface area contributed by atoms with E-state index in [0.717, 1.165) is 11.4 Å². The monoisotopic (exact) mass is 320 g/mol. The maximum absolute atomic E-state index is 12.6. The SMILES string of the molecule is Cc1c(C(=O)Nc2cccc(C(C)C)c2)cnn1-c1ccccn1. The highest BCUT2D eigenvalue weighted by Gasteiger charge is 2.16. The Kier molecular flexibility index (Phi) is 4.42. The van der Waals surface area contributed by atoms with Crippen LogP contribution in [0.3, 0.4) is 0 Å². The van der Waals surface area contributed by atoms with E-state index < -0.39 is 0 Å². The molecule has 0 fully saturated rings. The van der Waals surface area contributed by atoms with Gasteiger partial charge in [-0.3, -0.25) is 4.79 Å². The third kappa shape index (κ3) is 3.20. The summed E-state index contributed by atoms with van der Waals surface area (Å²) in [6.45, 7) is 6.12. The Hall–Kier alpha value is -2.95. The van der Waals surface area contributed by atoms with Crippen molar-refractivity contribution in [2.75, 3.05) is 5.32 Å². The van der Waals surface area contributed by atoms with Crippen molar-refractivity contribution in [3.8, 4) is 5.82 Å². The Balaban J connectivity index is 1.84. The van der Waals surface area contributed by atoms with Gasteiger partial charge in [0.05, 0.1) is 17.5 Å². The molecule has 0 saturated carbocycles. The molecule has 0 radical (unpaired) electrons. The van der Waals surface area contributed by atoms with Gasteiger partial charge in [-0.25, -0.2) is 9.67 Å². The number of pyridine rings is 1. The number of amides is 1. The van der Waals surface area contributed by atoms with Gasteiger partial charge in [0.1, 0.15) is 0 Å². The molecule has 2 heterocycles. The highest BCUT2D eigenvalue weighted by molar-refractivity contribution is 6.05. The minimum Gasteiger partial charge on any atom is -0.322 e. The molecule has 0 saturated heterocycles. The van der Waals surface area contributed by atoms with Gasteiger partial charge in [0.15, 0.2) is 5.82 Å². The number of carbonyl (C=O) groups is 1. The largest absolute Gasteiger partial charge is 0.322 e. The van der Waals surface area contributed by atoms with E-state index >= 15 is 0 Å². The second kappa shape index (κ2) is 6.66. The summed E-state index contributed by atoms with van der Waals surface area (Å²) in [5, 5.41) is 7.23. The van der Waals surface area contributed by atoms with E-state index in [2.05, 4.69) is 35.3 Å². The van der Waals surface area contributed by atoms with E-state index in [-0.39, 0.29) is 5.91 Å². The van der Waals surface area contributed by atoms with Crippen molar-refractivity contribution in [2.45, 2.75) is 26.7 Å². The minimum absolute atomic E-state index is 0.171. The van der Waals surface area contributed by atoms with Crippen LogP contribution < -0.4 is 5.32 Å². The Bertz CT molecular complexity index is 853. The zero-order valence-corrected chi connectivity index (χ0v) is 14.0. The fourth-order valence-electron chi connectivity index (χ4n) is 2.52. The highest BCUT2D eigenvalue weighted by Crippen LogP contribution is 2.20. The summed E-state index contributed by atoms with van der Waals surface area (Å²) < 4.78 is 1.67. The lowest BCUT2D eigenvalue weighted by atomic mass is 10.0. The number of hydrogen-bond acceptors (Lipinski definition) is 3. The second-order valence-electron chi connectivity index (χ2n) is 5.98. The van der Waals surface area contributed by atoms with Gasteiger partial charge < -0.3 is 5.32 Å². The van der Waals surface area contributed by atoms with Crippen molar-refractivity contribution in [3.05, 3.63) is 71.7 Å². The van der Waals surface area contributed by atoms with Crippen molar-refractivity contribution in [1.29, 1.82) is 0 Å². The number of carbonyl (C=O) groups excluding carboxylic acids is 1. The van der Waals surface area contributed by atoms with Gasteiger partial charge in [-0.15, -0.1) is 0 Å². The maximum atomic E-state index is 12.6. The third-order valence-corrected chi connectivity index (χ3v) is 3.93. The first kappa shape index (κ1) is 15.9. The summed E-state index contributed by atoms with van der Waals surface area (Å²) in [7, 11) is 0. The molecule has 122 valence electrons. The van der Waals surface area contributed by atoms with E-state index in [0.29, 0.717) is 17.3 Å².